The van der Waals surface area contributed by atoms with Gasteiger partial charge in [-0.25, -0.2) is 4.79 Å². The summed E-state index contributed by atoms with van der Waals surface area (Å²) in [7, 11) is 0. The Morgan fingerprint density at radius 2 is 2.08 bits per heavy atom. The normalized spacial score (nSPS) is 12.8. The van der Waals surface area contributed by atoms with Crippen molar-refractivity contribution in [2.24, 2.45) is 11.7 Å². The number of carbonyl (C=O) groups is 1. The third-order valence-electron chi connectivity index (χ3n) is 1.66. The predicted octanol–water partition coefficient (Wildman–Crippen LogP) is 1.09. The van der Waals surface area contributed by atoms with Gasteiger partial charge in [-0.2, -0.15) is 0 Å². The summed E-state index contributed by atoms with van der Waals surface area (Å²) in [5.41, 5.74) is 6.04. The minimum atomic E-state index is -0.390. The average Bonchev–Trinajstić information content (AvgIpc) is 2.02. The molecule has 3 nitrogen and oxygen atoms in total. The van der Waals surface area contributed by atoms with Crippen molar-refractivity contribution >= 4 is 5.97 Å². The zero-order chi connectivity index (χ0) is 9.72. The van der Waals surface area contributed by atoms with Gasteiger partial charge < -0.3 is 10.5 Å². The number of carbonyl (C=O) groups excluding carboxylic acids is 1. The van der Waals surface area contributed by atoms with E-state index >= 15 is 0 Å². The molecule has 0 aliphatic carbocycles. The van der Waals surface area contributed by atoms with Crippen molar-refractivity contribution in [3.8, 4) is 0 Å². The number of hydrogen-bond donors (Lipinski definition) is 1. The minimum absolute atomic E-state index is 0.210. The van der Waals surface area contributed by atoms with Crippen molar-refractivity contribution in [3.05, 3.63) is 12.2 Å². The molecular formula is C9H17NO2. The maximum Gasteiger partial charge on any atom is 0.334 e. The van der Waals surface area contributed by atoms with Crippen LogP contribution in [-0.2, 0) is 9.53 Å². The summed E-state index contributed by atoms with van der Waals surface area (Å²) in [6.45, 7) is 9.59. The Hall–Kier alpha value is -0.830. The number of rotatable bonds is 4. The summed E-state index contributed by atoms with van der Waals surface area (Å²) in [6, 6.07) is -0.302. The van der Waals surface area contributed by atoms with E-state index in [-0.39, 0.29) is 12.0 Å². The van der Waals surface area contributed by atoms with Crippen LogP contribution in [0.1, 0.15) is 20.8 Å². The molecule has 0 saturated heterocycles. The summed E-state index contributed by atoms with van der Waals surface area (Å²) in [6.07, 6.45) is 0. The highest BCUT2D eigenvalue weighted by Gasteiger charge is 2.18. The maximum absolute atomic E-state index is 11.1. The molecule has 0 aliphatic heterocycles. The Bertz CT molecular complexity index is 175. The van der Waals surface area contributed by atoms with Gasteiger partial charge in [-0.15, -0.1) is 0 Å². The molecule has 0 aliphatic rings. The summed E-state index contributed by atoms with van der Waals surface area (Å²) in [5, 5.41) is 0. The van der Waals surface area contributed by atoms with E-state index in [0.29, 0.717) is 12.2 Å². The van der Waals surface area contributed by atoms with Crippen LogP contribution in [0, 0.1) is 5.92 Å². The van der Waals surface area contributed by atoms with Crippen LogP contribution in [0.4, 0.5) is 0 Å². The SMILES string of the molecule is C=C(C(=O)OCC)C(N)C(C)C. The Morgan fingerprint density at radius 1 is 1.58 bits per heavy atom. The third kappa shape index (κ3) is 3.05. The lowest BCUT2D eigenvalue weighted by molar-refractivity contribution is -0.138. The van der Waals surface area contributed by atoms with Gasteiger partial charge in [0, 0.05) is 11.6 Å². The summed E-state index contributed by atoms with van der Waals surface area (Å²) in [5.74, 6) is -0.180. The Kier molecular flexibility index (Phi) is 4.59. The topological polar surface area (TPSA) is 52.3 Å². The van der Waals surface area contributed by atoms with Gasteiger partial charge in [0.05, 0.1) is 6.61 Å². The molecule has 0 fully saturated rings. The van der Waals surface area contributed by atoms with Crippen LogP contribution in [-0.4, -0.2) is 18.6 Å². The van der Waals surface area contributed by atoms with Gasteiger partial charge in [0.2, 0.25) is 0 Å². The summed E-state index contributed by atoms with van der Waals surface area (Å²) < 4.78 is 4.76. The zero-order valence-electron chi connectivity index (χ0n) is 7.96. The van der Waals surface area contributed by atoms with Crippen LogP contribution in [0.15, 0.2) is 12.2 Å². The lowest BCUT2D eigenvalue weighted by Crippen LogP contribution is -2.32. The smallest absolute Gasteiger partial charge is 0.334 e. The molecule has 70 valence electrons. The van der Waals surface area contributed by atoms with E-state index in [0.717, 1.165) is 0 Å². The second kappa shape index (κ2) is 4.93. The van der Waals surface area contributed by atoms with Gasteiger partial charge in [-0.1, -0.05) is 20.4 Å². The fourth-order valence-corrected chi connectivity index (χ4v) is 0.762. The van der Waals surface area contributed by atoms with Crippen LogP contribution in [0.2, 0.25) is 0 Å². The fraction of sp³-hybridized carbons (Fsp3) is 0.667. The first-order valence-corrected chi connectivity index (χ1v) is 4.12. The number of nitrogens with two attached hydrogens (primary N) is 1. The van der Waals surface area contributed by atoms with Gasteiger partial charge in [0.1, 0.15) is 0 Å². The van der Waals surface area contributed by atoms with Crippen LogP contribution < -0.4 is 5.73 Å². The lowest BCUT2D eigenvalue weighted by atomic mass is 9.98. The highest BCUT2D eigenvalue weighted by molar-refractivity contribution is 5.89. The van der Waals surface area contributed by atoms with Crippen molar-refractivity contribution in [1.29, 1.82) is 0 Å². The summed E-state index contributed by atoms with van der Waals surface area (Å²) >= 11 is 0. The molecule has 0 aromatic rings. The quantitative estimate of drug-likeness (QED) is 0.509. The molecular weight excluding hydrogens is 154 g/mol. The summed E-state index contributed by atoms with van der Waals surface area (Å²) in [4.78, 5) is 11.1. The first-order chi connectivity index (χ1) is 5.50. The van der Waals surface area contributed by atoms with Gasteiger partial charge >= 0.3 is 5.97 Å². The van der Waals surface area contributed by atoms with Crippen molar-refractivity contribution in [3.63, 3.8) is 0 Å². The molecule has 0 rings (SSSR count). The molecule has 0 saturated carbocycles. The number of esters is 1. The first kappa shape index (κ1) is 11.2. The number of hydrogen-bond acceptors (Lipinski definition) is 3. The van der Waals surface area contributed by atoms with Crippen LogP contribution in [0.25, 0.3) is 0 Å². The Balaban J connectivity index is 4.10. The highest BCUT2D eigenvalue weighted by Crippen LogP contribution is 2.08. The van der Waals surface area contributed by atoms with E-state index in [1.165, 1.54) is 0 Å². The van der Waals surface area contributed by atoms with E-state index in [1.807, 2.05) is 13.8 Å². The molecule has 0 spiro atoms. The number of ether oxygens (including phenoxy) is 1. The molecule has 2 N–H and O–H groups in total. The molecule has 0 bridgehead atoms. The van der Waals surface area contributed by atoms with Gasteiger partial charge in [-0.3, -0.25) is 0 Å². The van der Waals surface area contributed by atoms with Crippen LogP contribution >= 0.6 is 0 Å². The van der Waals surface area contributed by atoms with E-state index in [4.69, 9.17) is 10.5 Å². The molecule has 1 unspecified atom stereocenters. The van der Waals surface area contributed by atoms with E-state index < -0.39 is 5.97 Å². The maximum atomic E-state index is 11.1. The van der Waals surface area contributed by atoms with E-state index in [1.54, 1.807) is 6.92 Å². The molecule has 3 heteroatoms. The fourth-order valence-electron chi connectivity index (χ4n) is 0.762. The van der Waals surface area contributed by atoms with E-state index in [2.05, 4.69) is 6.58 Å². The van der Waals surface area contributed by atoms with Gasteiger partial charge in [-0.05, 0) is 12.8 Å². The second-order valence-corrected chi connectivity index (χ2v) is 3.02. The van der Waals surface area contributed by atoms with Gasteiger partial charge in [0.25, 0.3) is 0 Å². The lowest BCUT2D eigenvalue weighted by Gasteiger charge is -2.16. The van der Waals surface area contributed by atoms with Crippen molar-refractivity contribution in [2.75, 3.05) is 6.61 Å². The predicted molar refractivity (Wildman–Crippen MR) is 48.6 cm³/mol. The zero-order valence-corrected chi connectivity index (χ0v) is 7.96. The van der Waals surface area contributed by atoms with Crippen molar-refractivity contribution in [2.45, 2.75) is 26.8 Å². The van der Waals surface area contributed by atoms with Crippen molar-refractivity contribution in [1.82, 2.24) is 0 Å². The third-order valence-corrected chi connectivity index (χ3v) is 1.66. The molecule has 1 atom stereocenters. The second-order valence-electron chi connectivity index (χ2n) is 3.02. The van der Waals surface area contributed by atoms with Crippen LogP contribution in [0.3, 0.4) is 0 Å². The Labute approximate surface area is 73.6 Å². The van der Waals surface area contributed by atoms with E-state index in [9.17, 15) is 4.79 Å². The standard InChI is InChI=1S/C9H17NO2/c1-5-12-9(11)7(4)8(10)6(2)3/h6,8H,4-5,10H2,1-3H3. The Morgan fingerprint density at radius 3 is 2.42 bits per heavy atom. The van der Waals surface area contributed by atoms with Gasteiger partial charge in [0.15, 0.2) is 0 Å². The monoisotopic (exact) mass is 171 g/mol. The molecule has 0 aromatic carbocycles. The first-order valence-electron chi connectivity index (χ1n) is 4.12. The largest absolute Gasteiger partial charge is 0.463 e. The molecule has 0 radical (unpaired) electrons. The van der Waals surface area contributed by atoms with Crippen molar-refractivity contribution < 1.29 is 9.53 Å². The molecule has 0 heterocycles. The average molecular weight is 171 g/mol. The highest BCUT2D eigenvalue weighted by atomic mass is 16.5. The van der Waals surface area contributed by atoms with Crippen LogP contribution in [0.5, 0.6) is 0 Å². The molecule has 0 amide bonds. The minimum Gasteiger partial charge on any atom is -0.463 e. The molecule has 0 aromatic heterocycles. The molecule has 12 heavy (non-hydrogen) atoms.